The third kappa shape index (κ3) is 5.85. The van der Waals surface area contributed by atoms with Crippen LogP contribution in [0.4, 0.5) is 11.4 Å². The maximum absolute atomic E-state index is 13.9. The first-order valence-corrected chi connectivity index (χ1v) is 15.4. The SMILES string of the molecule is Cc1cc2cc(C)c1CCCC(=O)Nc1ccc(S(=O)C3CC3)c(c1)CNC(=O)C2Nc1ccc2nc[nH]c(=O)c2c1. The Kier molecular flexibility index (Phi) is 7.64. The normalized spacial score (nSPS) is 18.4. The van der Waals surface area contributed by atoms with Gasteiger partial charge in [-0.15, -0.1) is 0 Å². The standard InChI is InChI=1S/C32H33N5O4S/c1-18-12-20-13-19(2)25(18)4-3-5-29(38)36-22-7-11-28(42(41)24-8-9-24)21(14-22)16-33-32(40)30(20)37-23-6-10-27-26(15-23)31(39)35-17-34-27/h6-7,10-15,17,24,30,37H,3-5,8-9,16H2,1-2H3,(H,33,40)(H,36,38)(H,34,35,39). The highest BCUT2D eigenvalue weighted by Gasteiger charge is 2.31. The maximum atomic E-state index is 13.9. The van der Waals surface area contributed by atoms with E-state index in [1.807, 2.05) is 32.0 Å². The summed E-state index contributed by atoms with van der Waals surface area (Å²) >= 11 is 0. The molecule has 1 fully saturated rings. The lowest BCUT2D eigenvalue weighted by Crippen LogP contribution is -2.33. The van der Waals surface area contributed by atoms with Crippen LogP contribution in [0, 0.1) is 13.8 Å². The van der Waals surface area contributed by atoms with Gasteiger partial charge in [-0.05, 0) is 104 Å². The molecule has 3 aliphatic rings. The van der Waals surface area contributed by atoms with Gasteiger partial charge in [-0.1, -0.05) is 12.1 Å². The predicted molar refractivity (Wildman–Crippen MR) is 164 cm³/mol. The lowest BCUT2D eigenvalue weighted by atomic mass is 9.92. The number of rotatable bonds is 4. The fourth-order valence-electron chi connectivity index (χ4n) is 5.60. The molecule has 4 N–H and O–H groups in total. The van der Waals surface area contributed by atoms with Crippen LogP contribution in [-0.4, -0.2) is 31.2 Å². The van der Waals surface area contributed by atoms with Gasteiger partial charge in [-0.25, -0.2) is 4.98 Å². The number of nitrogens with one attached hydrogen (secondary N) is 4. The van der Waals surface area contributed by atoms with Gasteiger partial charge in [-0.2, -0.15) is 0 Å². The second kappa shape index (κ2) is 11.5. The molecule has 0 spiro atoms. The van der Waals surface area contributed by atoms with Crippen LogP contribution in [0.5, 0.6) is 0 Å². The Morgan fingerprint density at radius 1 is 0.952 bits per heavy atom. The molecule has 0 radical (unpaired) electrons. The third-order valence-corrected chi connectivity index (χ3v) is 9.85. The van der Waals surface area contributed by atoms with Crippen molar-refractivity contribution >= 4 is 44.9 Å². The molecular formula is C32H33N5O4S. The fourth-order valence-corrected chi connectivity index (χ4v) is 7.12. The minimum Gasteiger partial charge on any atom is -0.370 e. The number of carbonyl (C=O) groups excluding carboxylic acids is 2. The van der Waals surface area contributed by atoms with Crippen LogP contribution in [0.2, 0.25) is 0 Å². The molecule has 1 aromatic heterocycles. The number of hydrogen-bond donors (Lipinski definition) is 4. The molecule has 1 saturated carbocycles. The van der Waals surface area contributed by atoms with E-state index >= 15 is 0 Å². The smallest absolute Gasteiger partial charge is 0.258 e. The molecule has 2 aliphatic heterocycles. The molecule has 10 heteroatoms. The Hall–Kier alpha value is -4.31. The summed E-state index contributed by atoms with van der Waals surface area (Å²) in [5, 5.41) is 9.93. The molecule has 42 heavy (non-hydrogen) atoms. The summed E-state index contributed by atoms with van der Waals surface area (Å²) in [6.07, 6.45) is 5.00. The highest BCUT2D eigenvalue weighted by molar-refractivity contribution is 7.86. The number of aryl methyl sites for hydroxylation is 2. The summed E-state index contributed by atoms with van der Waals surface area (Å²) in [6, 6.07) is 13.9. The van der Waals surface area contributed by atoms with Crippen molar-refractivity contribution in [3.63, 3.8) is 0 Å². The summed E-state index contributed by atoms with van der Waals surface area (Å²) in [6.45, 7) is 4.19. The lowest BCUT2D eigenvalue weighted by Gasteiger charge is -2.23. The van der Waals surface area contributed by atoms with Gasteiger partial charge in [0.15, 0.2) is 0 Å². The van der Waals surface area contributed by atoms with Crippen LogP contribution in [0.25, 0.3) is 10.9 Å². The largest absolute Gasteiger partial charge is 0.370 e. The molecule has 3 aromatic carbocycles. The molecular weight excluding hydrogens is 550 g/mol. The monoisotopic (exact) mass is 583 g/mol. The van der Waals surface area contributed by atoms with Crippen LogP contribution in [0.15, 0.2) is 64.5 Å². The topological polar surface area (TPSA) is 133 Å². The second-order valence-electron chi connectivity index (χ2n) is 11.1. The van der Waals surface area contributed by atoms with Gasteiger partial charge in [0, 0.05) is 34.5 Å². The van der Waals surface area contributed by atoms with Gasteiger partial charge in [0.05, 0.1) is 28.0 Å². The summed E-state index contributed by atoms with van der Waals surface area (Å²) < 4.78 is 13.2. The highest BCUT2D eigenvalue weighted by atomic mass is 32.2. The zero-order chi connectivity index (χ0) is 29.4. The number of amides is 2. The van der Waals surface area contributed by atoms with Crippen molar-refractivity contribution in [2.75, 3.05) is 10.6 Å². The number of hydrogen-bond acceptors (Lipinski definition) is 6. The molecule has 0 saturated heterocycles. The first-order chi connectivity index (χ1) is 20.3. The Labute approximate surface area is 246 Å². The number of nitrogens with zero attached hydrogens (tertiary/aromatic N) is 1. The van der Waals surface area contributed by atoms with E-state index in [0.717, 1.165) is 41.5 Å². The minimum atomic E-state index is -1.19. The molecule has 2 unspecified atom stereocenters. The van der Waals surface area contributed by atoms with Gasteiger partial charge in [0.25, 0.3) is 5.56 Å². The fraction of sp³-hybridized carbons (Fsp3) is 0.312. The van der Waals surface area contributed by atoms with Gasteiger partial charge >= 0.3 is 0 Å². The van der Waals surface area contributed by atoms with Crippen molar-refractivity contribution in [2.24, 2.45) is 0 Å². The molecule has 2 amide bonds. The molecule has 2 atom stereocenters. The Bertz CT molecular complexity index is 1770. The van der Waals surface area contributed by atoms with Crippen LogP contribution >= 0.6 is 0 Å². The van der Waals surface area contributed by atoms with Gasteiger partial charge < -0.3 is 20.9 Å². The quantitative estimate of drug-likeness (QED) is 0.279. The number of aromatic nitrogens is 2. The zero-order valence-corrected chi connectivity index (χ0v) is 24.4. The van der Waals surface area contributed by atoms with Gasteiger partial charge in [-0.3, -0.25) is 18.6 Å². The maximum Gasteiger partial charge on any atom is 0.258 e. The van der Waals surface area contributed by atoms with E-state index in [-0.39, 0.29) is 29.2 Å². The average Bonchev–Trinajstić information content (AvgIpc) is 3.81. The Balaban J connectivity index is 1.39. The van der Waals surface area contributed by atoms with E-state index in [9.17, 15) is 18.6 Å². The van der Waals surface area contributed by atoms with Gasteiger partial charge in [0.1, 0.15) is 6.04 Å². The summed E-state index contributed by atoms with van der Waals surface area (Å²) in [7, 11) is -1.19. The number of carbonyl (C=O) groups is 2. The number of fused-ring (bicyclic) bond motifs is 10. The van der Waals surface area contributed by atoms with Crippen molar-refractivity contribution in [1.82, 2.24) is 15.3 Å². The van der Waals surface area contributed by atoms with E-state index in [1.165, 1.54) is 6.33 Å². The van der Waals surface area contributed by atoms with Crippen LogP contribution in [-0.2, 0) is 33.4 Å². The predicted octanol–water partition coefficient (Wildman–Crippen LogP) is 4.55. The molecule has 4 aromatic rings. The zero-order valence-electron chi connectivity index (χ0n) is 23.6. The molecule has 216 valence electrons. The molecule has 4 bridgehead atoms. The van der Waals surface area contributed by atoms with E-state index < -0.39 is 16.8 Å². The van der Waals surface area contributed by atoms with Crippen LogP contribution in [0.3, 0.4) is 0 Å². The minimum absolute atomic E-state index is 0.0752. The molecule has 7 rings (SSSR count). The lowest BCUT2D eigenvalue weighted by molar-refractivity contribution is -0.122. The second-order valence-corrected chi connectivity index (χ2v) is 12.8. The van der Waals surface area contributed by atoms with E-state index in [1.54, 1.807) is 30.3 Å². The van der Waals surface area contributed by atoms with Crippen LogP contribution in [0.1, 0.15) is 59.5 Å². The first-order valence-electron chi connectivity index (χ1n) is 14.2. The summed E-state index contributed by atoms with van der Waals surface area (Å²) in [4.78, 5) is 46.6. The van der Waals surface area contributed by atoms with Crippen molar-refractivity contribution in [3.05, 3.63) is 93.0 Å². The van der Waals surface area contributed by atoms with E-state index in [4.69, 9.17) is 0 Å². The Morgan fingerprint density at radius 2 is 1.74 bits per heavy atom. The average molecular weight is 584 g/mol. The molecule has 1 aliphatic carbocycles. The number of aromatic amines is 1. The van der Waals surface area contributed by atoms with E-state index in [2.05, 4.69) is 25.9 Å². The molecule has 3 heterocycles. The number of anilines is 2. The number of benzene rings is 3. The van der Waals surface area contributed by atoms with Crippen molar-refractivity contribution in [2.45, 2.75) is 68.7 Å². The van der Waals surface area contributed by atoms with Crippen LogP contribution < -0.4 is 21.5 Å². The van der Waals surface area contributed by atoms with Crippen molar-refractivity contribution in [1.29, 1.82) is 0 Å². The molecule has 9 nitrogen and oxygen atoms in total. The highest BCUT2D eigenvalue weighted by Crippen LogP contribution is 2.33. The van der Waals surface area contributed by atoms with Gasteiger partial charge in [0.2, 0.25) is 11.8 Å². The first kappa shape index (κ1) is 27.8. The third-order valence-electron chi connectivity index (χ3n) is 7.94. The Morgan fingerprint density at radius 3 is 2.50 bits per heavy atom. The van der Waals surface area contributed by atoms with Crippen molar-refractivity contribution in [3.8, 4) is 0 Å². The summed E-state index contributed by atoms with van der Waals surface area (Å²) in [5.74, 6) is -0.347. The summed E-state index contributed by atoms with van der Waals surface area (Å²) in [5.41, 5.74) is 6.28. The number of H-pyrrole nitrogens is 1. The van der Waals surface area contributed by atoms with E-state index in [0.29, 0.717) is 45.6 Å². The van der Waals surface area contributed by atoms with Crippen molar-refractivity contribution < 1.29 is 13.8 Å².